The maximum Gasteiger partial charge on any atom is 0.340 e. The molecule has 1 rings (SSSR count). The smallest absolute Gasteiger partial charge is 0.340 e. The van der Waals surface area contributed by atoms with Crippen molar-refractivity contribution in [2.45, 2.75) is 54.1 Å². The van der Waals surface area contributed by atoms with E-state index in [2.05, 4.69) is 10.6 Å². The van der Waals surface area contributed by atoms with Gasteiger partial charge in [0, 0.05) is 35.6 Å². The largest absolute Gasteiger partial charge is 0.462 e. The first kappa shape index (κ1) is 21.5. The molecule has 7 nitrogen and oxygen atoms in total. The highest BCUT2D eigenvalue weighted by Crippen LogP contribution is 2.24. The fourth-order valence-electron chi connectivity index (χ4n) is 2.81. The summed E-state index contributed by atoms with van der Waals surface area (Å²) in [5.41, 5.74) is 2.81. The van der Waals surface area contributed by atoms with Crippen molar-refractivity contribution in [1.82, 2.24) is 15.2 Å². The Morgan fingerprint density at radius 2 is 1.81 bits per heavy atom. The molecule has 0 aliphatic heterocycles. The van der Waals surface area contributed by atoms with E-state index in [1.807, 2.05) is 39.2 Å². The predicted molar refractivity (Wildman–Crippen MR) is 101 cm³/mol. The zero-order valence-electron chi connectivity index (χ0n) is 16.4. The lowest BCUT2D eigenvalue weighted by atomic mass is 10.1. The van der Waals surface area contributed by atoms with Crippen molar-refractivity contribution < 1.29 is 19.1 Å². The highest BCUT2D eigenvalue weighted by Gasteiger charge is 2.22. The summed E-state index contributed by atoms with van der Waals surface area (Å²) >= 11 is 0. The van der Waals surface area contributed by atoms with E-state index in [0.717, 1.165) is 11.4 Å². The molecule has 0 saturated carbocycles. The molecule has 1 aromatic heterocycles. The van der Waals surface area contributed by atoms with Gasteiger partial charge in [-0.15, -0.1) is 0 Å². The number of aromatic nitrogens is 1. The van der Waals surface area contributed by atoms with Crippen LogP contribution in [0.1, 0.15) is 55.0 Å². The Hall–Kier alpha value is -2.57. The second-order valence-electron chi connectivity index (χ2n) is 6.20. The van der Waals surface area contributed by atoms with E-state index in [1.165, 1.54) is 6.08 Å². The van der Waals surface area contributed by atoms with Gasteiger partial charge in [0.1, 0.15) is 0 Å². The van der Waals surface area contributed by atoms with Crippen LogP contribution in [0.15, 0.2) is 6.08 Å². The van der Waals surface area contributed by atoms with Crippen LogP contribution >= 0.6 is 0 Å². The Morgan fingerprint density at radius 3 is 2.35 bits per heavy atom. The molecule has 0 bridgehead atoms. The first-order chi connectivity index (χ1) is 12.2. The molecule has 0 spiro atoms. The SMILES string of the molecule is CCOC(=O)c1c(/C=C/C(=O)NCC(=O)NC(C)C)c(C)n(CC)c1C. The number of carbonyl (C=O) groups excluding carboxylic acids is 3. The van der Waals surface area contributed by atoms with Crippen LogP contribution in [0.3, 0.4) is 0 Å². The fraction of sp³-hybridized carbons (Fsp3) is 0.526. The number of hydrogen-bond donors (Lipinski definition) is 2. The van der Waals surface area contributed by atoms with Gasteiger partial charge in [-0.3, -0.25) is 9.59 Å². The highest BCUT2D eigenvalue weighted by atomic mass is 16.5. The Bertz CT molecular complexity index is 702. The van der Waals surface area contributed by atoms with Crippen LogP contribution in [0.5, 0.6) is 0 Å². The summed E-state index contributed by atoms with van der Waals surface area (Å²) in [6.07, 6.45) is 2.92. The van der Waals surface area contributed by atoms with E-state index < -0.39 is 11.9 Å². The number of carbonyl (C=O) groups is 3. The average Bonchev–Trinajstić information content (AvgIpc) is 2.80. The summed E-state index contributed by atoms with van der Waals surface area (Å²) in [5, 5.41) is 5.22. The molecular weight excluding hydrogens is 334 g/mol. The Labute approximate surface area is 154 Å². The van der Waals surface area contributed by atoms with E-state index in [1.54, 1.807) is 13.0 Å². The molecule has 0 aliphatic rings. The Kier molecular flexibility index (Phi) is 8.09. The summed E-state index contributed by atoms with van der Waals surface area (Å²) in [7, 11) is 0. The van der Waals surface area contributed by atoms with Gasteiger partial charge < -0.3 is 19.9 Å². The second kappa shape index (κ2) is 9.79. The Balaban J connectivity index is 2.97. The van der Waals surface area contributed by atoms with Gasteiger partial charge in [0.05, 0.1) is 18.7 Å². The van der Waals surface area contributed by atoms with Crippen molar-refractivity contribution in [3.05, 3.63) is 28.6 Å². The fourth-order valence-corrected chi connectivity index (χ4v) is 2.81. The number of hydrogen-bond acceptors (Lipinski definition) is 4. The Morgan fingerprint density at radius 1 is 1.15 bits per heavy atom. The predicted octanol–water partition coefficient (Wildman–Crippen LogP) is 1.96. The molecule has 0 saturated heterocycles. The van der Waals surface area contributed by atoms with Crippen molar-refractivity contribution in [3.63, 3.8) is 0 Å². The van der Waals surface area contributed by atoms with E-state index in [0.29, 0.717) is 17.7 Å². The standard InChI is InChI=1S/C19H29N3O4/c1-7-22-13(5)15(18(14(22)6)19(25)26-8-2)9-10-16(23)20-11-17(24)21-12(3)4/h9-10,12H,7-8,11H2,1-6H3,(H,20,23)(H,21,24)/b10-9+. The third-order valence-corrected chi connectivity index (χ3v) is 3.90. The van der Waals surface area contributed by atoms with Crippen LogP contribution in [0.4, 0.5) is 0 Å². The molecule has 1 aromatic rings. The molecule has 2 N–H and O–H groups in total. The van der Waals surface area contributed by atoms with Crippen molar-refractivity contribution >= 4 is 23.9 Å². The molecule has 0 atom stereocenters. The normalized spacial score (nSPS) is 11.0. The van der Waals surface area contributed by atoms with Crippen molar-refractivity contribution in [2.24, 2.45) is 0 Å². The number of nitrogens with zero attached hydrogens (tertiary/aromatic N) is 1. The lowest BCUT2D eigenvalue weighted by molar-refractivity contribution is -0.124. The molecule has 0 fully saturated rings. The van der Waals surface area contributed by atoms with Crippen LogP contribution in [0, 0.1) is 13.8 Å². The molecule has 144 valence electrons. The quantitative estimate of drug-likeness (QED) is 0.546. The first-order valence-corrected chi connectivity index (χ1v) is 8.84. The summed E-state index contributed by atoms with van der Waals surface area (Å²) in [6, 6.07) is 0.0153. The maximum atomic E-state index is 12.3. The minimum atomic E-state index is -0.406. The van der Waals surface area contributed by atoms with Gasteiger partial charge in [-0.05, 0) is 47.6 Å². The number of amides is 2. The van der Waals surface area contributed by atoms with Crippen LogP contribution in [-0.4, -0.2) is 41.5 Å². The van der Waals surface area contributed by atoms with Crippen LogP contribution in [0.2, 0.25) is 0 Å². The molecule has 0 unspecified atom stereocenters. The van der Waals surface area contributed by atoms with Gasteiger partial charge in [-0.1, -0.05) is 0 Å². The third-order valence-electron chi connectivity index (χ3n) is 3.90. The molecular formula is C19H29N3O4. The molecule has 0 radical (unpaired) electrons. The van der Waals surface area contributed by atoms with Gasteiger partial charge in [-0.25, -0.2) is 4.79 Å². The molecule has 26 heavy (non-hydrogen) atoms. The van der Waals surface area contributed by atoms with Gasteiger partial charge >= 0.3 is 5.97 Å². The van der Waals surface area contributed by atoms with Gasteiger partial charge in [-0.2, -0.15) is 0 Å². The molecule has 1 heterocycles. The van der Waals surface area contributed by atoms with Crippen molar-refractivity contribution in [3.8, 4) is 0 Å². The van der Waals surface area contributed by atoms with E-state index in [4.69, 9.17) is 4.74 Å². The van der Waals surface area contributed by atoms with E-state index >= 15 is 0 Å². The zero-order valence-corrected chi connectivity index (χ0v) is 16.4. The summed E-state index contributed by atoms with van der Waals surface area (Å²) in [4.78, 5) is 35.9. The summed E-state index contributed by atoms with van der Waals surface area (Å²) in [6.45, 7) is 12.1. The molecule has 0 aromatic carbocycles. The first-order valence-electron chi connectivity index (χ1n) is 8.84. The lowest BCUT2D eigenvalue weighted by Crippen LogP contribution is -2.39. The summed E-state index contributed by atoms with van der Waals surface area (Å²) < 4.78 is 7.15. The van der Waals surface area contributed by atoms with Gasteiger partial charge in [0.25, 0.3) is 0 Å². The second-order valence-corrected chi connectivity index (χ2v) is 6.20. The van der Waals surface area contributed by atoms with Crippen LogP contribution in [-0.2, 0) is 20.9 Å². The summed E-state index contributed by atoms with van der Waals surface area (Å²) in [5.74, 6) is -1.06. The monoisotopic (exact) mass is 363 g/mol. The number of rotatable bonds is 8. The minimum Gasteiger partial charge on any atom is -0.462 e. The van der Waals surface area contributed by atoms with Crippen LogP contribution in [0.25, 0.3) is 6.08 Å². The highest BCUT2D eigenvalue weighted by molar-refractivity contribution is 5.99. The van der Waals surface area contributed by atoms with E-state index in [-0.39, 0.29) is 25.1 Å². The topological polar surface area (TPSA) is 89.4 Å². The minimum absolute atomic E-state index is 0.0153. The number of esters is 1. The molecule has 7 heteroatoms. The third kappa shape index (κ3) is 5.47. The number of ether oxygens (including phenoxy) is 1. The van der Waals surface area contributed by atoms with Gasteiger partial charge in [0.2, 0.25) is 11.8 Å². The van der Waals surface area contributed by atoms with Crippen LogP contribution < -0.4 is 10.6 Å². The molecule has 0 aliphatic carbocycles. The van der Waals surface area contributed by atoms with E-state index in [9.17, 15) is 14.4 Å². The average molecular weight is 363 g/mol. The van der Waals surface area contributed by atoms with Gasteiger partial charge in [0.15, 0.2) is 0 Å². The van der Waals surface area contributed by atoms with Crippen molar-refractivity contribution in [1.29, 1.82) is 0 Å². The molecule has 2 amide bonds. The maximum absolute atomic E-state index is 12.3. The lowest BCUT2D eigenvalue weighted by Gasteiger charge is -2.08. The number of nitrogens with one attached hydrogen (secondary N) is 2. The van der Waals surface area contributed by atoms with Crippen molar-refractivity contribution in [2.75, 3.05) is 13.2 Å². The zero-order chi connectivity index (χ0) is 19.9.